The van der Waals surface area contributed by atoms with Crippen molar-refractivity contribution >= 4 is 35.3 Å². The minimum atomic E-state index is -1.52. The number of carboxylic acid groups (broad SMARTS) is 1. The molecule has 0 atom stereocenters. The zero-order valence-electron chi connectivity index (χ0n) is 7.69. The smallest absolute Gasteiger partial charge is 0.303 e. The average molecular weight is 267 g/mol. The maximum Gasteiger partial charge on any atom is 0.303 e. The molecule has 0 aliphatic carbocycles. The Balaban J connectivity index is 2.72. The van der Waals surface area contributed by atoms with Crippen molar-refractivity contribution in [2.45, 2.75) is 12.8 Å². The molecule has 1 rings (SSSR count). The van der Waals surface area contributed by atoms with E-state index in [-0.39, 0.29) is 6.42 Å². The van der Waals surface area contributed by atoms with Crippen LogP contribution in [0.3, 0.4) is 0 Å². The number of benzene rings is 1. The Morgan fingerprint density at radius 3 is 2.67 bits per heavy atom. The zero-order chi connectivity index (χ0) is 11.3. The van der Waals surface area contributed by atoms with Crippen LogP contribution in [0.2, 0.25) is 0 Å². The summed E-state index contributed by atoms with van der Waals surface area (Å²) in [7, 11) is 0. The van der Waals surface area contributed by atoms with Crippen LogP contribution in [0.4, 0.5) is 0 Å². The summed E-state index contributed by atoms with van der Waals surface area (Å²) < 4.78 is 5.18. The number of aliphatic carboxylic acids is 1. The van der Waals surface area contributed by atoms with E-state index in [9.17, 15) is 4.79 Å². The van der Waals surface area contributed by atoms with Crippen molar-refractivity contribution in [2.75, 3.05) is 0 Å². The van der Waals surface area contributed by atoms with Gasteiger partial charge in [-0.3, -0.25) is 4.79 Å². The van der Waals surface area contributed by atoms with Gasteiger partial charge >= 0.3 is 5.97 Å². The summed E-state index contributed by atoms with van der Waals surface area (Å²) in [5.74, 6) is -0.293. The molecule has 0 fully saturated rings. The topological polar surface area (TPSA) is 46.5 Å². The highest BCUT2D eigenvalue weighted by Crippen LogP contribution is 2.48. The molecule has 0 heterocycles. The lowest BCUT2D eigenvalue weighted by Gasteiger charge is -2.09. The number of aryl methyl sites for hydroxylation is 1. The molecule has 82 valence electrons. The van der Waals surface area contributed by atoms with Crippen LogP contribution in [0.15, 0.2) is 24.3 Å². The Hall–Kier alpha value is -0.500. The Morgan fingerprint density at radius 1 is 1.40 bits per heavy atom. The predicted molar refractivity (Wildman–Crippen MR) is 61.7 cm³/mol. The van der Waals surface area contributed by atoms with Crippen LogP contribution in [0.1, 0.15) is 12.0 Å². The minimum Gasteiger partial charge on any atom is -0.481 e. The standard InChI is InChI=1S/C9H9Cl2O3P/c10-15(11)14-8-4-2-1-3-7(8)5-6-9(12)13/h1-4H,5-6H2,(H,12,13). The molecule has 0 saturated heterocycles. The number of hydrogen-bond acceptors (Lipinski definition) is 2. The fourth-order valence-electron chi connectivity index (χ4n) is 1.12. The van der Waals surface area contributed by atoms with Gasteiger partial charge in [0.2, 0.25) is 0 Å². The summed E-state index contributed by atoms with van der Waals surface area (Å²) in [5, 5.41) is 8.56. The first-order valence-corrected chi connectivity index (χ1v) is 7.26. The summed E-state index contributed by atoms with van der Waals surface area (Å²) in [6.45, 7) is -1.52. The first-order chi connectivity index (χ1) is 7.09. The lowest BCUT2D eigenvalue weighted by Crippen LogP contribution is -1.98. The van der Waals surface area contributed by atoms with Crippen molar-refractivity contribution in [1.29, 1.82) is 0 Å². The monoisotopic (exact) mass is 266 g/mol. The van der Waals surface area contributed by atoms with E-state index in [2.05, 4.69) is 0 Å². The van der Waals surface area contributed by atoms with Crippen LogP contribution in [0.5, 0.6) is 5.75 Å². The van der Waals surface area contributed by atoms with Crippen molar-refractivity contribution in [3.8, 4) is 5.75 Å². The highest BCUT2D eigenvalue weighted by molar-refractivity contribution is 8.00. The number of rotatable bonds is 5. The molecule has 0 aliphatic rings. The second kappa shape index (κ2) is 6.16. The van der Waals surface area contributed by atoms with E-state index in [4.69, 9.17) is 32.1 Å². The van der Waals surface area contributed by atoms with Crippen LogP contribution in [0, 0.1) is 0 Å². The van der Waals surface area contributed by atoms with Gasteiger partial charge in [0.25, 0.3) is 6.85 Å². The van der Waals surface area contributed by atoms with Crippen LogP contribution in [-0.2, 0) is 11.2 Å². The van der Waals surface area contributed by atoms with Crippen LogP contribution in [-0.4, -0.2) is 11.1 Å². The number of carbonyl (C=O) groups is 1. The third-order valence-electron chi connectivity index (χ3n) is 1.75. The lowest BCUT2D eigenvalue weighted by molar-refractivity contribution is -0.136. The third kappa shape index (κ3) is 4.70. The summed E-state index contributed by atoms with van der Waals surface area (Å²) in [5.41, 5.74) is 0.800. The van der Waals surface area contributed by atoms with E-state index in [0.29, 0.717) is 12.2 Å². The molecule has 0 aliphatic heterocycles. The quantitative estimate of drug-likeness (QED) is 0.825. The zero-order valence-corrected chi connectivity index (χ0v) is 10.1. The molecule has 15 heavy (non-hydrogen) atoms. The molecule has 0 aromatic heterocycles. The molecule has 0 amide bonds. The van der Waals surface area contributed by atoms with Gasteiger partial charge in [-0.2, -0.15) is 0 Å². The molecule has 0 spiro atoms. The SMILES string of the molecule is O=C(O)CCc1ccccc1OP(Cl)Cl. The van der Waals surface area contributed by atoms with Crippen LogP contribution >= 0.6 is 29.3 Å². The highest BCUT2D eigenvalue weighted by Gasteiger charge is 2.08. The van der Waals surface area contributed by atoms with Gasteiger partial charge in [0.05, 0.1) is 0 Å². The molecule has 3 nitrogen and oxygen atoms in total. The van der Waals surface area contributed by atoms with Crippen molar-refractivity contribution in [2.24, 2.45) is 0 Å². The van der Waals surface area contributed by atoms with Crippen molar-refractivity contribution in [3.05, 3.63) is 29.8 Å². The predicted octanol–water partition coefficient (Wildman–Crippen LogP) is 3.79. The molecule has 0 saturated carbocycles. The fourth-order valence-corrected chi connectivity index (χ4v) is 1.89. The summed E-state index contributed by atoms with van der Waals surface area (Å²) in [6, 6.07) is 7.11. The Kier molecular flexibility index (Phi) is 5.16. The molecular formula is C9H9Cl2O3P. The summed E-state index contributed by atoms with van der Waals surface area (Å²) in [6.07, 6.45) is 0.464. The summed E-state index contributed by atoms with van der Waals surface area (Å²) in [4.78, 5) is 10.4. The van der Waals surface area contributed by atoms with Gasteiger partial charge in [-0.25, -0.2) is 0 Å². The van der Waals surface area contributed by atoms with E-state index < -0.39 is 12.8 Å². The van der Waals surface area contributed by atoms with Gasteiger partial charge in [0.1, 0.15) is 5.75 Å². The Labute approximate surface area is 98.4 Å². The maximum absolute atomic E-state index is 10.4. The Bertz CT molecular complexity index is 344. The molecule has 0 bridgehead atoms. The molecule has 6 heteroatoms. The summed E-state index contributed by atoms with van der Waals surface area (Å²) >= 11 is 11.1. The van der Waals surface area contributed by atoms with Gasteiger partial charge in [-0.1, -0.05) is 18.2 Å². The third-order valence-corrected chi connectivity index (χ3v) is 2.50. The molecule has 1 aromatic rings. The number of hydrogen-bond donors (Lipinski definition) is 1. The van der Waals surface area contributed by atoms with Gasteiger partial charge in [-0.15, -0.1) is 0 Å². The van der Waals surface area contributed by atoms with E-state index >= 15 is 0 Å². The number of carboxylic acids is 1. The van der Waals surface area contributed by atoms with Gasteiger partial charge in [0.15, 0.2) is 0 Å². The normalized spacial score (nSPS) is 10.3. The second-order valence-corrected chi connectivity index (χ2v) is 5.74. The van der Waals surface area contributed by atoms with Gasteiger partial charge in [0, 0.05) is 6.42 Å². The van der Waals surface area contributed by atoms with Crippen LogP contribution in [0.25, 0.3) is 0 Å². The van der Waals surface area contributed by atoms with E-state index in [1.807, 2.05) is 6.07 Å². The molecule has 1 N–H and O–H groups in total. The van der Waals surface area contributed by atoms with Crippen molar-refractivity contribution in [3.63, 3.8) is 0 Å². The maximum atomic E-state index is 10.4. The average Bonchev–Trinajstić information content (AvgIpc) is 2.15. The number of para-hydroxylation sites is 1. The largest absolute Gasteiger partial charge is 0.481 e. The van der Waals surface area contributed by atoms with Crippen molar-refractivity contribution < 1.29 is 14.4 Å². The first-order valence-electron chi connectivity index (χ1n) is 4.19. The molecule has 1 aromatic carbocycles. The molecular weight excluding hydrogens is 258 g/mol. The number of halogens is 2. The fraction of sp³-hybridized carbons (Fsp3) is 0.222. The second-order valence-electron chi connectivity index (χ2n) is 2.79. The highest BCUT2D eigenvalue weighted by atomic mass is 35.9. The van der Waals surface area contributed by atoms with E-state index in [1.54, 1.807) is 18.2 Å². The van der Waals surface area contributed by atoms with E-state index in [0.717, 1.165) is 5.56 Å². The molecule has 0 unspecified atom stereocenters. The first kappa shape index (κ1) is 12.6. The molecule has 0 radical (unpaired) electrons. The Morgan fingerprint density at radius 2 is 2.07 bits per heavy atom. The van der Waals surface area contributed by atoms with E-state index in [1.165, 1.54) is 0 Å². The van der Waals surface area contributed by atoms with Gasteiger partial charge < -0.3 is 9.63 Å². The van der Waals surface area contributed by atoms with Gasteiger partial charge in [-0.05, 0) is 40.5 Å². The van der Waals surface area contributed by atoms with Crippen LogP contribution < -0.4 is 4.52 Å². The lowest BCUT2D eigenvalue weighted by atomic mass is 10.1. The van der Waals surface area contributed by atoms with Crippen molar-refractivity contribution in [1.82, 2.24) is 0 Å². The minimum absolute atomic E-state index is 0.0584.